The van der Waals surface area contributed by atoms with Crippen LogP contribution in [0, 0.1) is 0 Å². The minimum atomic E-state index is -1.25. The van der Waals surface area contributed by atoms with Crippen LogP contribution in [0.3, 0.4) is 0 Å². The van der Waals surface area contributed by atoms with Gasteiger partial charge in [-0.1, -0.05) is 0 Å². The number of rotatable bonds is 19. The van der Waals surface area contributed by atoms with Crippen LogP contribution in [-0.4, -0.2) is 429 Å². The molecule has 34 heteroatoms. The molecule has 0 saturated carbocycles. The second kappa shape index (κ2) is 36.0. The van der Waals surface area contributed by atoms with Gasteiger partial charge in [-0.25, -0.2) is 0 Å². The van der Waals surface area contributed by atoms with Gasteiger partial charge in [0.1, 0.15) is 40.1 Å². The van der Waals surface area contributed by atoms with Crippen LogP contribution in [0.2, 0.25) is 0 Å². The molecule has 0 aromatic rings. The third-order valence-corrected chi connectivity index (χ3v) is 37.9. The maximum atomic E-state index is 15.1. The highest BCUT2D eigenvalue weighted by Crippen LogP contribution is 2.61. The van der Waals surface area contributed by atoms with Crippen LogP contribution < -0.4 is 0 Å². The molecule has 3 unspecified atom stereocenters. The van der Waals surface area contributed by atoms with Crippen LogP contribution in [0.4, 0.5) is 0 Å². The number of piperidine rings is 7. The minimum Gasteiger partial charge on any atom is -0.394 e. The van der Waals surface area contributed by atoms with Crippen LogP contribution in [0.25, 0.3) is 0 Å². The SMILES string of the molecule is CN1C(C)(C)CC2(CC1(C)C)OC(C)(C)N(CC(O)CN1C(=O)C3(CC(C)(C)N(C)C(C)(C)C3)OC1(C)C)C2=O.CN1C(C)(C)CC2(CC1(C)C)OC(C)(C)N(CC(O)CN1C(C)(C)CC3(CC1(C)C)OC(C)(C)N(CC(O)CN1C(=O)C4(CC(C)(C)N(CC(O)CN5C(=O)C6(CC(C)(C)N(C)C(C)(C)C6)OC5(C)C)C(C)(C)C4)OC1(C)C)C3=O)C2=O.CN1C(C)(C)CC2(CC1(C)C)OC(C)(C)N(CC(O)CO)C2=O. The Hall–Kier alpha value is -4.51. The quantitative estimate of drug-likeness (QED) is 0.0699. The molecule has 14 aliphatic rings. The van der Waals surface area contributed by atoms with Crippen LogP contribution in [0.1, 0.15) is 381 Å². The van der Waals surface area contributed by atoms with E-state index < -0.39 is 132 Å². The van der Waals surface area contributed by atoms with Crippen molar-refractivity contribution in [1.29, 1.82) is 0 Å². The number of hydrogen-bond donors (Lipinski definition) is 6. The van der Waals surface area contributed by atoms with E-state index in [1.807, 2.05) is 96.9 Å². The first-order valence-electron chi connectivity index (χ1n) is 54.0. The number of amides is 7. The summed E-state index contributed by atoms with van der Waals surface area (Å²) < 4.78 is 47.0. The van der Waals surface area contributed by atoms with Crippen molar-refractivity contribution in [3.63, 3.8) is 0 Å². The highest BCUT2D eigenvalue weighted by atomic mass is 16.6. The van der Waals surface area contributed by atoms with Gasteiger partial charge >= 0.3 is 0 Å². The van der Waals surface area contributed by atoms with E-state index in [2.05, 4.69) is 263 Å². The Morgan fingerprint density at radius 1 is 0.186 bits per heavy atom. The zero-order chi connectivity index (χ0) is 111. The maximum Gasteiger partial charge on any atom is 0.257 e. The van der Waals surface area contributed by atoms with E-state index in [1.54, 1.807) is 34.3 Å². The van der Waals surface area contributed by atoms with Crippen molar-refractivity contribution >= 4 is 41.4 Å². The Balaban J connectivity index is 0.000000242. The Kier molecular flexibility index (Phi) is 29.6. The van der Waals surface area contributed by atoms with Crippen LogP contribution in [0.5, 0.6) is 0 Å². The summed E-state index contributed by atoms with van der Waals surface area (Å²) in [7, 11) is 10.5. The number of carbonyl (C=O) groups is 7. The highest BCUT2D eigenvalue weighted by Gasteiger charge is 2.74. The first-order chi connectivity index (χ1) is 64.5. The van der Waals surface area contributed by atoms with E-state index in [1.165, 1.54) is 0 Å². The van der Waals surface area contributed by atoms with E-state index in [9.17, 15) is 49.5 Å². The molecule has 14 saturated heterocycles. The van der Waals surface area contributed by atoms with Crippen molar-refractivity contribution in [3.05, 3.63) is 0 Å². The number of β-amino-alcohol motifs (C(OH)–C–C–N with tert-alkyl or cyclic N) is 5. The lowest BCUT2D eigenvalue weighted by Gasteiger charge is -2.58. The van der Waals surface area contributed by atoms with E-state index >= 15 is 9.59 Å². The fourth-order valence-electron chi connectivity index (χ4n) is 31.9. The van der Waals surface area contributed by atoms with Crippen molar-refractivity contribution in [2.75, 3.05) is 101 Å². The van der Waals surface area contributed by atoms with Gasteiger partial charge in [-0.05, 0) is 326 Å². The third kappa shape index (κ3) is 20.9. The summed E-state index contributed by atoms with van der Waals surface area (Å²) in [6.07, 6.45) is 1.98. The number of nitrogens with zero attached hydrogens (tertiary/aromatic N) is 14. The lowest BCUT2D eigenvalue weighted by Crippen LogP contribution is -2.69. The van der Waals surface area contributed by atoms with E-state index in [0.29, 0.717) is 89.9 Å². The average Bonchev–Trinajstić information content (AvgIpc) is 1.57. The summed E-state index contributed by atoms with van der Waals surface area (Å²) in [5, 5.41) is 66.5. The van der Waals surface area contributed by atoms with Crippen molar-refractivity contribution < 1.29 is 97.4 Å². The molecule has 0 aromatic heterocycles. The summed E-state index contributed by atoms with van der Waals surface area (Å²) in [6, 6.07) is 0. The van der Waals surface area contributed by atoms with Crippen LogP contribution in [0.15, 0.2) is 0 Å². The predicted octanol–water partition coefficient (Wildman–Crippen LogP) is 10.8. The van der Waals surface area contributed by atoms with E-state index in [0.717, 1.165) is 0 Å². The predicted molar refractivity (Wildman–Crippen MR) is 558 cm³/mol. The third-order valence-electron chi connectivity index (χ3n) is 37.9. The summed E-state index contributed by atoms with van der Waals surface area (Å²) >= 11 is 0. The molecule has 3 atom stereocenters. The van der Waals surface area contributed by atoms with E-state index in [-0.39, 0.29) is 162 Å². The molecule has 7 spiro atoms. The lowest BCUT2D eigenvalue weighted by molar-refractivity contribution is -0.192. The standard InChI is InChI=1S/C63H112N8O11.C31H56N4O5.C17H32N2O4/c1-48(2)33-60(34-49(3,4)64(48)25)44(75)68(58(21,22)79-60)29-42(73)31-70-52(9,10)37-62(38-53(70,11)12)46(77)66(56(17,18)81-62)27-41(72)28-67-47(78)63(82-57(67,19)20)39-54(13,14)71(55(15,16)40-63)32-43(74)30-69-45(76)61(80-59(69,23)24)35-50(5,6)65(26)51(7,8)36-61;1-24(2)17-30(18-25(3,4)32(24)13)22(37)34(28(9,10)39-30)15-21(36)16-35-23(38)31(40-29(35,11)12)19-26(5,6)33(14)27(7,8)20-31;1-14(2)10-17(11-15(3,4)18(14)7)13(22)19(8-12(21)9-20)16(5,6)23-17/h41-43,72-74H,27-40H2,1-26H3;21,36H,15-20H2,1-14H3;12,20-21H,8-11H2,1-7H3. The number of carbonyl (C=O) groups excluding carboxylic acids is 7. The Bertz CT molecular complexity index is 4540. The summed E-state index contributed by atoms with van der Waals surface area (Å²) in [5.74, 6) is -0.881. The molecule has 14 heterocycles. The number of aliphatic hydroxyl groups excluding tert-OH is 6. The molecule has 7 amide bonds. The molecule has 14 rings (SSSR count). The molecule has 0 radical (unpaired) electrons. The molecule has 0 bridgehead atoms. The molecule has 14 aliphatic heterocycles. The topological polar surface area (TPSA) is 351 Å². The first kappa shape index (κ1) is 119. The monoisotopic (exact) mass is 2050 g/mol. The fraction of sp³-hybridized carbons (Fsp3) is 0.937. The van der Waals surface area contributed by atoms with Crippen molar-refractivity contribution in [2.45, 2.75) is 568 Å². The summed E-state index contributed by atoms with van der Waals surface area (Å²) in [6.45, 7) is 86.2. The molecule has 0 aliphatic carbocycles. The van der Waals surface area contributed by atoms with Gasteiger partial charge in [0.2, 0.25) is 0 Å². The normalized spacial score (nSPS) is 31.8. The number of likely N-dealkylation sites (tertiary alicyclic amines) is 7. The second-order valence-corrected chi connectivity index (χ2v) is 59.5. The van der Waals surface area contributed by atoms with Crippen molar-refractivity contribution in [2.24, 2.45) is 0 Å². The molecular weight excluding hydrogens is 1850 g/mol. The molecule has 34 nitrogen and oxygen atoms in total. The zero-order valence-corrected chi connectivity index (χ0v) is 99.0. The van der Waals surface area contributed by atoms with Gasteiger partial charge in [-0.3, -0.25) is 67.9 Å². The van der Waals surface area contributed by atoms with Crippen molar-refractivity contribution in [3.8, 4) is 0 Å². The van der Waals surface area contributed by atoms with Gasteiger partial charge in [0.05, 0.1) is 82.9 Å². The molecule has 14 fully saturated rings. The Labute approximate surface area is 871 Å². The smallest absolute Gasteiger partial charge is 0.257 e. The molecule has 0 aromatic carbocycles. The zero-order valence-electron chi connectivity index (χ0n) is 99.0. The number of ether oxygens (including phenoxy) is 7. The van der Waals surface area contributed by atoms with Gasteiger partial charge in [0, 0.05) is 181 Å². The Morgan fingerprint density at radius 2 is 0.290 bits per heavy atom. The minimum absolute atomic E-state index is 0.0793. The highest BCUT2D eigenvalue weighted by molar-refractivity contribution is 5.93. The largest absolute Gasteiger partial charge is 0.394 e. The van der Waals surface area contributed by atoms with Crippen molar-refractivity contribution in [1.82, 2.24) is 68.6 Å². The van der Waals surface area contributed by atoms with Crippen LogP contribution in [-0.2, 0) is 66.7 Å². The Morgan fingerprint density at radius 3 is 0.407 bits per heavy atom. The van der Waals surface area contributed by atoms with E-state index in [4.69, 9.17) is 38.3 Å². The first-order valence-corrected chi connectivity index (χ1v) is 54.0. The maximum absolute atomic E-state index is 15.1. The average molecular weight is 2050 g/mol. The summed E-state index contributed by atoms with van der Waals surface area (Å²) in [5.41, 5.74) is -19.1. The number of aliphatic hydroxyl groups is 6. The van der Waals surface area contributed by atoms with Gasteiger partial charge in [0.15, 0.2) is 39.2 Å². The van der Waals surface area contributed by atoms with Gasteiger partial charge in [-0.15, -0.1) is 0 Å². The molecule has 834 valence electrons. The fourth-order valence-corrected chi connectivity index (χ4v) is 31.9. The summed E-state index contributed by atoms with van der Waals surface area (Å²) in [4.78, 5) is 129. The second-order valence-electron chi connectivity index (χ2n) is 59.5. The van der Waals surface area contributed by atoms with Gasteiger partial charge in [-0.2, -0.15) is 0 Å². The molecule has 6 N–H and O–H groups in total. The lowest BCUT2D eigenvalue weighted by atomic mass is 9.70. The van der Waals surface area contributed by atoms with Gasteiger partial charge < -0.3 is 98.1 Å². The van der Waals surface area contributed by atoms with Gasteiger partial charge in [0.25, 0.3) is 41.4 Å². The molecular formula is C111H200N14O20. The number of hydrogen-bond acceptors (Lipinski definition) is 27. The molecule has 145 heavy (non-hydrogen) atoms. The van der Waals surface area contributed by atoms with Crippen LogP contribution >= 0.6 is 0 Å².